The minimum absolute atomic E-state index is 0.198. The molecule has 1 aliphatic heterocycles. The van der Waals surface area contributed by atoms with E-state index in [0.29, 0.717) is 18.3 Å². The summed E-state index contributed by atoms with van der Waals surface area (Å²) < 4.78 is 0. The Morgan fingerprint density at radius 1 is 1.45 bits per heavy atom. The normalized spacial score (nSPS) is 16.2. The summed E-state index contributed by atoms with van der Waals surface area (Å²) >= 11 is 0. The van der Waals surface area contributed by atoms with Crippen molar-refractivity contribution >= 4 is 17.7 Å². The number of nitrogens with zero attached hydrogens (tertiary/aromatic N) is 3. The second-order valence-corrected chi connectivity index (χ2v) is 5.32. The number of nitrogens with one attached hydrogen (secondary N) is 1. The van der Waals surface area contributed by atoms with Crippen LogP contribution in [0.1, 0.15) is 31.9 Å². The van der Waals surface area contributed by atoms with Crippen LogP contribution in [0.5, 0.6) is 0 Å². The summed E-state index contributed by atoms with van der Waals surface area (Å²) in [5.74, 6) is 1.86. The van der Waals surface area contributed by atoms with Crippen molar-refractivity contribution in [2.45, 2.75) is 33.1 Å². The number of nitrogens with two attached hydrogens (primary N) is 1. The Morgan fingerprint density at radius 2 is 2.15 bits per heavy atom. The molecule has 6 nitrogen and oxygen atoms in total. The maximum absolute atomic E-state index is 11.0. The van der Waals surface area contributed by atoms with E-state index >= 15 is 0 Å². The molecule has 2 heterocycles. The van der Waals surface area contributed by atoms with E-state index in [1.54, 1.807) is 0 Å². The molecule has 1 aromatic heterocycles. The molecule has 0 spiro atoms. The molecule has 1 aliphatic rings. The first-order valence-electron chi connectivity index (χ1n) is 7.21. The van der Waals surface area contributed by atoms with E-state index in [-0.39, 0.29) is 5.91 Å². The van der Waals surface area contributed by atoms with Gasteiger partial charge in [0, 0.05) is 37.8 Å². The number of aryl methyl sites for hydroxylation is 1. The van der Waals surface area contributed by atoms with Gasteiger partial charge in [-0.1, -0.05) is 0 Å². The number of rotatable bonds is 5. The number of carbonyl (C=O) groups is 1. The van der Waals surface area contributed by atoms with Crippen LogP contribution in [0.3, 0.4) is 0 Å². The standard InChI is InChI=1S/C14H23N5O/c1-3-16-14-17-10(2)8-13(18-14)19-6-4-11(5-7-19)9-12(15)20/h8,11H,3-7,9H2,1-2H3,(H2,15,20)(H,16,17,18). The Balaban J connectivity index is 2.01. The summed E-state index contributed by atoms with van der Waals surface area (Å²) in [4.78, 5) is 22.1. The molecule has 2 rings (SSSR count). The zero-order valence-corrected chi connectivity index (χ0v) is 12.2. The van der Waals surface area contributed by atoms with E-state index in [0.717, 1.165) is 44.0 Å². The van der Waals surface area contributed by atoms with Gasteiger partial charge in [0.25, 0.3) is 0 Å². The van der Waals surface area contributed by atoms with Gasteiger partial charge >= 0.3 is 0 Å². The van der Waals surface area contributed by atoms with Gasteiger partial charge in [-0.05, 0) is 32.6 Å². The van der Waals surface area contributed by atoms with E-state index < -0.39 is 0 Å². The molecule has 1 aromatic rings. The van der Waals surface area contributed by atoms with Crippen LogP contribution in [0.4, 0.5) is 11.8 Å². The van der Waals surface area contributed by atoms with E-state index in [9.17, 15) is 4.79 Å². The molecule has 0 aromatic carbocycles. The van der Waals surface area contributed by atoms with Crippen LogP contribution in [0.15, 0.2) is 6.07 Å². The van der Waals surface area contributed by atoms with Crippen molar-refractivity contribution in [1.82, 2.24) is 9.97 Å². The van der Waals surface area contributed by atoms with Gasteiger partial charge in [-0.15, -0.1) is 0 Å². The van der Waals surface area contributed by atoms with E-state index in [4.69, 9.17) is 5.73 Å². The van der Waals surface area contributed by atoms with Crippen molar-refractivity contribution in [3.05, 3.63) is 11.8 Å². The third kappa shape index (κ3) is 3.82. The summed E-state index contributed by atoms with van der Waals surface area (Å²) in [6.07, 6.45) is 2.48. The van der Waals surface area contributed by atoms with E-state index in [1.165, 1.54) is 0 Å². The number of carbonyl (C=O) groups excluding carboxylic acids is 1. The summed E-state index contributed by atoms with van der Waals surface area (Å²) in [5.41, 5.74) is 6.22. The van der Waals surface area contributed by atoms with Gasteiger partial charge < -0.3 is 16.0 Å². The van der Waals surface area contributed by atoms with Gasteiger partial charge in [-0.3, -0.25) is 4.79 Å². The summed E-state index contributed by atoms with van der Waals surface area (Å²) in [7, 11) is 0. The van der Waals surface area contributed by atoms with Crippen LogP contribution in [0, 0.1) is 12.8 Å². The van der Waals surface area contributed by atoms with Crippen LogP contribution in [-0.4, -0.2) is 35.5 Å². The SMILES string of the molecule is CCNc1nc(C)cc(N2CCC(CC(N)=O)CC2)n1. The fraction of sp³-hybridized carbons (Fsp3) is 0.643. The van der Waals surface area contributed by atoms with E-state index in [1.807, 2.05) is 19.9 Å². The lowest BCUT2D eigenvalue weighted by molar-refractivity contribution is -0.119. The summed E-state index contributed by atoms with van der Waals surface area (Å²) in [6, 6.07) is 2.01. The van der Waals surface area contributed by atoms with Crippen LogP contribution < -0.4 is 16.0 Å². The number of primary amides is 1. The van der Waals surface area contributed by atoms with Crippen molar-refractivity contribution in [3.63, 3.8) is 0 Å². The van der Waals surface area contributed by atoms with Gasteiger partial charge in [-0.25, -0.2) is 4.98 Å². The topological polar surface area (TPSA) is 84.1 Å². The number of hydrogen-bond donors (Lipinski definition) is 2. The Hall–Kier alpha value is -1.85. The Bertz CT molecular complexity index is 469. The van der Waals surface area contributed by atoms with Gasteiger partial charge in [0.2, 0.25) is 11.9 Å². The highest BCUT2D eigenvalue weighted by molar-refractivity contribution is 5.74. The van der Waals surface area contributed by atoms with Crippen molar-refractivity contribution < 1.29 is 4.79 Å². The molecule has 0 atom stereocenters. The zero-order chi connectivity index (χ0) is 14.5. The number of hydrogen-bond acceptors (Lipinski definition) is 5. The molecular weight excluding hydrogens is 254 g/mol. The summed E-state index contributed by atoms with van der Waals surface area (Å²) in [6.45, 7) is 6.65. The van der Waals surface area contributed by atoms with Crippen molar-refractivity contribution in [2.75, 3.05) is 29.9 Å². The molecule has 0 saturated carbocycles. The molecular formula is C14H23N5O. The van der Waals surface area contributed by atoms with Crippen molar-refractivity contribution in [3.8, 4) is 0 Å². The first-order valence-corrected chi connectivity index (χ1v) is 7.21. The van der Waals surface area contributed by atoms with Gasteiger partial charge in [-0.2, -0.15) is 4.98 Å². The molecule has 110 valence electrons. The van der Waals surface area contributed by atoms with Crippen LogP contribution in [-0.2, 0) is 4.79 Å². The number of piperidine rings is 1. The average molecular weight is 277 g/mol. The van der Waals surface area contributed by atoms with Crippen molar-refractivity contribution in [1.29, 1.82) is 0 Å². The van der Waals surface area contributed by atoms with Crippen molar-refractivity contribution in [2.24, 2.45) is 11.7 Å². The highest BCUT2D eigenvalue weighted by atomic mass is 16.1. The molecule has 0 aliphatic carbocycles. The molecule has 0 radical (unpaired) electrons. The number of anilines is 2. The largest absolute Gasteiger partial charge is 0.370 e. The second-order valence-electron chi connectivity index (χ2n) is 5.32. The molecule has 1 saturated heterocycles. The third-order valence-corrected chi connectivity index (χ3v) is 3.60. The third-order valence-electron chi connectivity index (χ3n) is 3.60. The maximum Gasteiger partial charge on any atom is 0.224 e. The molecule has 1 amide bonds. The monoisotopic (exact) mass is 277 g/mol. The lowest BCUT2D eigenvalue weighted by atomic mass is 9.93. The molecule has 1 fully saturated rings. The molecule has 0 bridgehead atoms. The predicted octanol–water partition coefficient (Wildman–Crippen LogP) is 1.31. The maximum atomic E-state index is 11.0. The van der Waals surface area contributed by atoms with Gasteiger partial charge in [0.15, 0.2) is 0 Å². The minimum atomic E-state index is -0.198. The number of aromatic nitrogens is 2. The second kappa shape index (κ2) is 6.54. The van der Waals surface area contributed by atoms with Crippen LogP contribution in [0.2, 0.25) is 0 Å². The highest BCUT2D eigenvalue weighted by Gasteiger charge is 2.22. The van der Waals surface area contributed by atoms with Crippen LogP contribution in [0.25, 0.3) is 0 Å². The lowest BCUT2D eigenvalue weighted by Crippen LogP contribution is -2.35. The fourth-order valence-corrected chi connectivity index (χ4v) is 2.60. The Kier molecular flexibility index (Phi) is 4.76. The molecule has 6 heteroatoms. The Labute approximate surface area is 119 Å². The predicted molar refractivity (Wildman–Crippen MR) is 79.7 cm³/mol. The lowest BCUT2D eigenvalue weighted by Gasteiger charge is -2.32. The van der Waals surface area contributed by atoms with Gasteiger partial charge in [0.1, 0.15) is 5.82 Å². The zero-order valence-electron chi connectivity index (χ0n) is 12.2. The highest BCUT2D eigenvalue weighted by Crippen LogP contribution is 2.24. The summed E-state index contributed by atoms with van der Waals surface area (Å²) in [5, 5.41) is 3.15. The van der Waals surface area contributed by atoms with Gasteiger partial charge in [0.05, 0.1) is 0 Å². The average Bonchev–Trinajstić information content (AvgIpc) is 2.38. The minimum Gasteiger partial charge on any atom is -0.370 e. The fourth-order valence-electron chi connectivity index (χ4n) is 2.60. The van der Waals surface area contributed by atoms with Crippen LogP contribution >= 0.6 is 0 Å². The van der Waals surface area contributed by atoms with E-state index in [2.05, 4.69) is 20.2 Å². The quantitative estimate of drug-likeness (QED) is 0.847. The first kappa shape index (κ1) is 14.6. The first-order chi connectivity index (χ1) is 9.58. The molecule has 3 N–H and O–H groups in total. The molecule has 20 heavy (non-hydrogen) atoms. The molecule has 0 unspecified atom stereocenters. The number of amides is 1. The Morgan fingerprint density at radius 3 is 2.75 bits per heavy atom. The smallest absolute Gasteiger partial charge is 0.224 e.